The van der Waals surface area contributed by atoms with Gasteiger partial charge in [0.15, 0.2) is 0 Å². The molecule has 4 heteroatoms. The van der Waals surface area contributed by atoms with Gasteiger partial charge in [-0.05, 0) is 18.4 Å². The molecule has 2 heterocycles. The Labute approximate surface area is 139 Å². The van der Waals surface area contributed by atoms with Gasteiger partial charge in [0.25, 0.3) is 0 Å². The Kier molecular flexibility index (Phi) is 5.70. The summed E-state index contributed by atoms with van der Waals surface area (Å²) in [6, 6.07) is 10.6. The molecule has 23 heavy (non-hydrogen) atoms. The molecule has 0 radical (unpaired) electrons. The second kappa shape index (κ2) is 8.16. The van der Waals surface area contributed by atoms with Crippen LogP contribution in [0.25, 0.3) is 0 Å². The molecular formula is C19H27N3O. The largest absolute Gasteiger partial charge is 0.378 e. The number of benzene rings is 1. The monoisotopic (exact) mass is 313 g/mol. The van der Waals surface area contributed by atoms with E-state index in [0.29, 0.717) is 0 Å². The number of aryl methyl sites for hydroxylation is 1. The highest BCUT2D eigenvalue weighted by atomic mass is 16.5. The van der Waals surface area contributed by atoms with Gasteiger partial charge >= 0.3 is 0 Å². The zero-order valence-corrected chi connectivity index (χ0v) is 14.1. The number of hydrogen-bond acceptors (Lipinski definition) is 3. The minimum Gasteiger partial charge on any atom is -0.378 e. The molecule has 1 aliphatic heterocycles. The van der Waals surface area contributed by atoms with E-state index in [-0.39, 0.29) is 0 Å². The quantitative estimate of drug-likeness (QED) is 0.733. The van der Waals surface area contributed by atoms with Crippen molar-refractivity contribution in [3.8, 4) is 0 Å². The Bertz CT molecular complexity index is 588. The van der Waals surface area contributed by atoms with Crippen LogP contribution in [-0.2, 0) is 17.7 Å². The summed E-state index contributed by atoms with van der Waals surface area (Å²) in [5.74, 6) is 1.10. The molecule has 0 atom stereocenters. The van der Waals surface area contributed by atoms with Gasteiger partial charge in [0.1, 0.15) is 0 Å². The minimum absolute atomic E-state index is 0.795. The van der Waals surface area contributed by atoms with Crippen molar-refractivity contribution in [2.75, 3.05) is 31.2 Å². The standard InChI is InChI=1S/C19H27N3O/c1-2-3-5-10-18-16-22(15-17-8-6-4-7-9-17)19(20-18)21-11-13-23-14-12-21/h4,6-9,16H,2-3,5,10-15H2,1H3. The molecule has 0 spiro atoms. The first-order valence-electron chi connectivity index (χ1n) is 8.79. The number of hydrogen-bond donors (Lipinski definition) is 0. The molecule has 3 rings (SSSR count). The van der Waals surface area contributed by atoms with Crippen LogP contribution in [0.1, 0.15) is 37.4 Å². The molecule has 1 fully saturated rings. The fraction of sp³-hybridized carbons (Fsp3) is 0.526. The second-order valence-corrected chi connectivity index (χ2v) is 6.20. The number of anilines is 1. The molecule has 1 aromatic carbocycles. The van der Waals surface area contributed by atoms with Crippen molar-refractivity contribution in [3.63, 3.8) is 0 Å². The maximum Gasteiger partial charge on any atom is 0.206 e. The second-order valence-electron chi connectivity index (χ2n) is 6.20. The van der Waals surface area contributed by atoms with Crippen LogP contribution in [0.2, 0.25) is 0 Å². The lowest BCUT2D eigenvalue weighted by molar-refractivity contribution is 0.121. The molecule has 1 saturated heterocycles. The van der Waals surface area contributed by atoms with Crippen molar-refractivity contribution >= 4 is 5.95 Å². The van der Waals surface area contributed by atoms with Gasteiger partial charge in [0, 0.05) is 19.3 Å². The molecule has 0 bridgehead atoms. The maximum absolute atomic E-state index is 5.49. The third-order valence-corrected chi connectivity index (χ3v) is 4.33. The molecule has 0 saturated carbocycles. The van der Waals surface area contributed by atoms with Gasteiger partial charge in [-0.25, -0.2) is 4.98 Å². The number of rotatable bonds is 7. The van der Waals surface area contributed by atoms with Crippen LogP contribution < -0.4 is 4.90 Å². The van der Waals surface area contributed by atoms with E-state index in [1.807, 2.05) is 0 Å². The van der Waals surface area contributed by atoms with Crippen LogP contribution in [-0.4, -0.2) is 35.9 Å². The molecule has 0 unspecified atom stereocenters. The smallest absolute Gasteiger partial charge is 0.206 e. The number of imidazole rings is 1. The summed E-state index contributed by atoms with van der Waals surface area (Å²) >= 11 is 0. The van der Waals surface area contributed by atoms with Gasteiger partial charge < -0.3 is 14.2 Å². The summed E-state index contributed by atoms with van der Waals surface area (Å²) < 4.78 is 7.79. The lowest BCUT2D eigenvalue weighted by atomic mass is 10.2. The van der Waals surface area contributed by atoms with E-state index in [2.05, 4.69) is 52.9 Å². The molecule has 0 aliphatic carbocycles. The zero-order chi connectivity index (χ0) is 15.9. The van der Waals surface area contributed by atoms with Gasteiger partial charge in [0.2, 0.25) is 5.95 Å². The fourth-order valence-corrected chi connectivity index (χ4v) is 3.05. The Morgan fingerprint density at radius 3 is 2.61 bits per heavy atom. The van der Waals surface area contributed by atoms with Gasteiger partial charge in [-0.15, -0.1) is 0 Å². The van der Waals surface area contributed by atoms with Crippen LogP contribution >= 0.6 is 0 Å². The summed E-state index contributed by atoms with van der Waals surface area (Å²) in [7, 11) is 0. The average Bonchev–Trinajstić information content (AvgIpc) is 2.99. The van der Waals surface area contributed by atoms with Crippen molar-refractivity contribution in [1.82, 2.24) is 9.55 Å². The molecule has 124 valence electrons. The molecule has 1 aromatic heterocycles. The van der Waals surface area contributed by atoms with Crippen LogP contribution in [0.5, 0.6) is 0 Å². The highest BCUT2D eigenvalue weighted by Gasteiger charge is 2.18. The first kappa shape index (κ1) is 16.1. The number of aromatic nitrogens is 2. The van der Waals surface area contributed by atoms with E-state index < -0.39 is 0 Å². The SMILES string of the molecule is CCCCCc1cn(Cc2ccccc2)c(N2CCOCC2)n1. The normalized spacial score (nSPS) is 15.1. The molecular weight excluding hydrogens is 286 g/mol. The van der Waals surface area contributed by atoms with Crippen LogP contribution in [0.3, 0.4) is 0 Å². The average molecular weight is 313 g/mol. The van der Waals surface area contributed by atoms with Gasteiger partial charge in [-0.2, -0.15) is 0 Å². The third kappa shape index (κ3) is 4.35. The number of ether oxygens (including phenoxy) is 1. The Balaban J connectivity index is 1.79. The van der Waals surface area contributed by atoms with Crippen molar-refractivity contribution in [3.05, 3.63) is 47.8 Å². The molecule has 0 amide bonds. The zero-order valence-electron chi connectivity index (χ0n) is 14.1. The van der Waals surface area contributed by atoms with E-state index in [0.717, 1.165) is 45.2 Å². The van der Waals surface area contributed by atoms with Crippen molar-refractivity contribution < 1.29 is 4.74 Å². The topological polar surface area (TPSA) is 30.3 Å². The Morgan fingerprint density at radius 2 is 1.87 bits per heavy atom. The molecule has 0 N–H and O–H groups in total. The predicted octanol–water partition coefficient (Wildman–Crippen LogP) is 3.50. The number of unbranched alkanes of at least 4 members (excludes halogenated alkanes) is 2. The van der Waals surface area contributed by atoms with E-state index in [1.54, 1.807) is 0 Å². The van der Waals surface area contributed by atoms with E-state index in [1.165, 1.54) is 30.5 Å². The Hall–Kier alpha value is -1.81. The lowest BCUT2D eigenvalue weighted by Crippen LogP contribution is -2.38. The lowest BCUT2D eigenvalue weighted by Gasteiger charge is -2.28. The van der Waals surface area contributed by atoms with Gasteiger partial charge in [-0.1, -0.05) is 50.1 Å². The predicted molar refractivity (Wildman–Crippen MR) is 94.0 cm³/mol. The van der Waals surface area contributed by atoms with Crippen LogP contribution in [0, 0.1) is 0 Å². The summed E-state index contributed by atoms with van der Waals surface area (Å²) in [6.07, 6.45) is 7.07. The van der Waals surface area contributed by atoms with Gasteiger partial charge in [-0.3, -0.25) is 0 Å². The van der Waals surface area contributed by atoms with E-state index in [4.69, 9.17) is 9.72 Å². The maximum atomic E-state index is 5.49. The van der Waals surface area contributed by atoms with Gasteiger partial charge in [0.05, 0.1) is 25.5 Å². The van der Waals surface area contributed by atoms with Crippen LogP contribution in [0.15, 0.2) is 36.5 Å². The fourth-order valence-electron chi connectivity index (χ4n) is 3.05. The molecule has 1 aliphatic rings. The first-order valence-corrected chi connectivity index (χ1v) is 8.79. The van der Waals surface area contributed by atoms with E-state index >= 15 is 0 Å². The number of morpholine rings is 1. The molecule has 2 aromatic rings. The highest BCUT2D eigenvalue weighted by molar-refractivity contribution is 5.35. The van der Waals surface area contributed by atoms with Crippen molar-refractivity contribution in [2.45, 2.75) is 39.2 Å². The van der Waals surface area contributed by atoms with Crippen molar-refractivity contribution in [2.24, 2.45) is 0 Å². The summed E-state index contributed by atoms with van der Waals surface area (Å²) in [5.41, 5.74) is 2.54. The van der Waals surface area contributed by atoms with Crippen LogP contribution in [0.4, 0.5) is 5.95 Å². The van der Waals surface area contributed by atoms with Crippen molar-refractivity contribution in [1.29, 1.82) is 0 Å². The first-order chi connectivity index (χ1) is 11.4. The molecule has 4 nitrogen and oxygen atoms in total. The Morgan fingerprint density at radius 1 is 1.09 bits per heavy atom. The summed E-state index contributed by atoms with van der Waals surface area (Å²) in [6.45, 7) is 6.58. The highest BCUT2D eigenvalue weighted by Crippen LogP contribution is 2.19. The summed E-state index contributed by atoms with van der Waals surface area (Å²) in [4.78, 5) is 7.29. The minimum atomic E-state index is 0.795. The van der Waals surface area contributed by atoms with E-state index in [9.17, 15) is 0 Å². The number of nitrogens with zero attached hydrogens (tertiary/aromatic N) is 3. The summed E-state index contributed by atoms with van der Waals surface area (Å²) in [5, 5.41) is 0. The third-order valence-electron chi connectivity index (χ3n) is 4.33.